The van der Waals surface area contributed by atoms with Crippen molar-refractivity contribution in [1.29, 1.82) is 0 Å². The second kappa shape index (κ2) is 11.1. The van der Waals surface area contributed by atoms with Crippen LogP contribution in [0.5, 0.6) is 11.5 Å². The molecule has 5 rings (SSSR count). The smallest absolute Gasteiger partial charge is 0.323 e. The lowest BCUT2D eigenvalue weighted by molar-refractivity contribution is -0.143. The summed E-state index contributed by atoms with van der Waals surface area (Å²) in [6, 6.07) is 15.5. The van der Waals surface area contributed by atoms with Crippen LogP contribution in [0.3, 0.4) is 0 Å². The number of methoxy groups -OCH3 is 1. The summed E-state index contributed by atoms with van der Waals surface area (Å²) in [4.78, 5) is 14.2. The molecule has 200 valence electrons. The molecule has 0 fully saturated rings. The Kier molecular flexibility index (Phi) is 7.63. The van der Waals surface area contributed by atoms with E-state index in [0.29, 0.717) is 37.2 Å². The number of nitrogens with zero attached hydrogens (tertiary/aromatic N) is 1. The summed E-state index contributed by atoms with van der Waals surface area (Å²) < 4.78 is 44.6. The number of halogens is 2. The lowest BCUT2D eigenvalue weighted by Crippen LogP contribution is -2.42. The molecule has 3 aromatic carbocycles. The molecule has 6 nitrogen and oxygen atoms in total. The Hall–Kier alpha value is -3.49. The zero-order valence-electron chi connectivity index (χ0n) is 21.8. The Morgan fingerprint density at radius 2 is 1.87 bits per heavy atom. The van der Waals surface area contributed by atoms with Crippen molar-refractivity contribution in [3.05, 3.63) is 94.0 Å². The van der Waals surface area contributed by atoms with E-state index in [1.54, 1.807) is 6.07 Å². The van der Waals surface area contributed by atoms with Crippen LogP contribution in [0, 0.1) is 11.6 Å². The third-order valence-corrected chi connectivity index (χ3v) is 7.23. The summed E-state index contributed by atoms with van der Waals surface area (Å²) in [6.45, 7) is 3.96. The fourth-order valence-corrected chi connectivity index (χ4v) is 5.17. The molecule has 3 aromatic rings. The third-order valence-electron chi connectivity index (χ3n) is 7.23. The molecular formula is C30H32F2N2O4. The van der Waals surface area contributed by atoms with Crippen LogP contribution < -0.4 is 14.8 Å². The molecule has 2 aliphatic rings. The predicted octanol–water partition coefficient (Wildman–Crippen LogP) is 5.25. The van der Waals surface area contributed by atoms with Crippen molar-refractivity contribution < 1.29 is 27.8 Å². The average molecular weight is 523 g/mol. The topological polar surface area (TPSA) is 60.0 Å². The van der Waals surface area contributed by atoms with Crippen molar-refractivity contribution in [2.24, 2.45) is 0 Å². The Bertz CT molecular complexity index is 1310. The quantitative estimate of drug-likeness (QED) is 0.447. The van der Waals surface area contributed by atoms with Crippen molar-refractivity contribution in [3.8, 4) is 11.5 Å². The van der Waals surface area contributed by atoms with Crippen LogP contribution >= 0.6 is 0 Å². The Morgan fingerprint density at radius 1 is 1.08 bits per heavy atom. The SMILES string of the molecule is CC[C@@H](Oc1ccc([C@H]2CN(C)Cc3cc4c(cc3O2)CN[C@H](C(=O)OC)C4)cc1)c1ccc(F)c(F)c1. The van der Waals surface area contributed by atoms with Gasteiger partial charge in [-0.1, -0.05) is 31.2 Å². The van der Waals surface area contributed by atoms with E-state index in [4.69, 9.17) is 14.2 Å². The number of ether oxygens (including phenoxy) is 3. The molecule has 0 bridgehead atoms. The van der Waals surface area contributed by atoms with Gasteiger partial charge in [0.25, 0.3) is 0 Å². The number of nitrogens with one attached hydrogen (secondary N) is 1. The fourth-order valence-electron chi connectivity index (χ4n) is 5.17. The molecule has 1 N–H and O–H groups in total. The molecule has 0 aromatic heterocycles. The summed E-state index contributed by atoms with van der Waals surface area (Å²) >= 11 is 0. The van der Waals surface area contributed by atoms with Crippen LogP contribution in [-0.2, 0) is 29.0 Å². The van der Waals surface area contributed by atoms with E-state index >= 15 is 0 Å². The molecule has 8 heteroatoms. The first-order valence-corrected chi connectivity index (χ1v) is 12.9. The number of benzene rings is 3. The van der Waals surface area contributed by atoms with E-state index in [-0.39, 0.29) is 24.2 Å². The molecule has 0 saturated carbocycles. The summed E-state index contributed by atoms with van der Waals surface area (Å²) in [5, 5.41) is 3.25. The highest BCUT2D eigenvalue weighted by Gasteiger charge is 2.29. The molecule has 2 aliphatic heterocycles. The minimum Gasteiger partial charge on any atom is -0.486 e. The van der Waals surface area contributed by atoms with Crippen molar-refractivity contribution in [1.82, 2.24) is 10.2 Å². The van der Waals surface area contributed by atoms with Gasteiger partial charge in [-0.15, -0.1) is 0 Å². The third kappa shape index (κ3) is 5.51. The molecule has 0 amide bonds. The van der Waals surface area contributed by atoms with Gasteiger partial charge in [-0.25, -0.2) is 8.78 Å². The number of esters is 1. The lowest BCUT2D eigenvalue weighted by Gasteiger charge is -2.26. The van der Waals surface area contributed by atoms with Gasteiger partial charge in [0.2, 0.25) is 0 Å². The van der Waals surface area contributed by atoms with Gasteiger partial charge in [0.05, 0.1) is 7.11 Å². The molecule has 0 saturated heterocycles. The van der Waals surface area contributed by atoms with Gasteiger partial charge in [-0.2, -0.15) is 0 Å². The zero-order valence-corrected chi connectivity index (χ0v) is 21.8. The van der Waals surface area contributed by atoms with Crippen LogP contribution in [0.2, 0.25) is 0 Å². The summed E-state index contributed by atoms with van der Waals surface area (Å²) in [7, 11) is 3.47. The van der Waals surface area contributed by atoms with E-state index in [9.17, 15) is 13.6 Å². The molecule has 3 atom stereocenters. The molecule has 0 radical (unpaired) electrons. The number of carbonyl (C=O) groups is 1. The molecular weight excluding hydrogens is 490 g/mol. The van der Waals surface area contributed by atoms with Crippen LogP contribution in [0.4, 0.5) is 8.78 Å². The molecule has 38 heavy (non-hydrogen) atoms. The van der Waals surface area contributed by atoms with Gasteiger partial charge in [0, 0.05) is 25.2 Å². The fraction of sp³-hybridized carbons (Fsp3) is 0.367. The predicted molar refractivity (Wildman–Crippen MR) is 139 cm³/mol. The maximum absolute atomic E-state index is 13.7. The summed E-state index contributed by atoms with van der Waals surface area (Å²) in [5.41, 5.74) is 4.97. The molecule has 0 spiro atoms. The average Bonchev–Trinajstić information content (AvgIpc) is 3.09. The molecule has 0 unspecified atom stereocenters. The van der Waals surface area contributed by atoms with Crippen LogP contribution in [0.15, 0.2) is 54.6 Å². The zero-order chi connectivity index (χ0) is 26.8. The van der Waals surface area contributed by atoms with Gasteiger partial charge in [0.15, 0.2) is 11.6 Å². The number of hydrogen-bond acceptors (Lipinski definition) is 6. The van der Waals surface area contributed by atoms with Crippen molar-refractivity contribution in [2.45, 2.75) is 51.1 Å². The standard InChI is InChI=1S/C30H32F2N2O4/c1-4-27(19-7-10-24(31)25(32)12-19)37-23-8-5-18(6-9-23)29-17-34(2)16-22-11-20-13-26(30(35)36-3)33-15-21(20)14-28(22)38-29/h5-12,14,26-27,29,33H,4,13,15-17H2,1-3H3/t26-,27+,29+/m0/s1. The van der Waals surface area contributed by atoms with Gasteiger partial charge in [-0.3, -0.25) is 9.69 Å². The van der Waals surface area contributed by atoms with Gasteiger partial charge >= 0.3 is 5.97 Å². The minimum atomic E-state index is -0.879. The first-order valence-electron chi connectivity index (χ1n) is 12.9. The van der Waals surface area contributed by atoms with E-state index in [1.165, 1.54) is 13.2 Å². The largest absolute Gasteiger partial charge is 0.486 e. The Morgan fingerprint density at radius 3 is 2.58 bits per heavy atom. The van der Waals surface area contributed by atoms with E-state index in [0.717, 1.165) is 40.6 Å². The first-order chi connectivity index (χ1) is 18.3. The number of likely N-dealkylation sites (N-methyl/N-ethyl adjacent to an activating group) is 1. The van der Waals surface area contributed by atoms with Crippen molar-refractivity contribution >= 4 is 5.97 Å². The van der Waals surface area contributed by atoms with Crippen LogP contribution in [0.1, 0.15) is 53.4 Å². The molecule has 2 heterocycles. The number of fused-ring (bicyclic) bond motifs is 2. The monoisotopic (exact) mass is 522 g/mol. The van der Waals surface area contributed by atoms with Gasteiger partial charge in [-0.05, 0) is 72.5 Å². The number of carbonyl (C=O) groups excluding carboxylic acids is 1. The molecule has 0 aliphatic carbocycles. The normalized spacial score (nSPS) is 19.9. The van der Waals surface area contributed by atoms with Crippen LogP contribution in [-0.4, -0.2) is 37.6 Å². The lowest BCUT2D eigenvalue weighted by atomic mass is 9.93. The summed E-state index contributed by atoms with van der Waals surface area (Å²) in [5.74, 6) is -0.504. The van der Waals surface area contributed by atoms with E-state index in [1.807, 2.05) is 31.2 Å². The minimum absolute atomic E-state index is 0.180. The Labute approximate surface area is 221 Å². The highest BCUT2D eigenvalue weighted by Crippen LogP contribution is 2.35. The van der Waals surface area contributed by atoms with Crippen molar-refractivity contribution in [2.75, 3.05) is 20.7 Å². The van der Waals surface area contributed by atoms with Gasteiger partial charge in [0.1, 0.15) is 29.7 Å². The number of rotatable bonds is 6. The highest BCUT2D eigenvalue weighted by molar-refractivity contribution is 5.76. The maximum atomic E-state index is 13.7. The Balaban J connectivity index is 1.32. The summed E-state index contributed by atoms with van der Waals surface area (Å²) in [6.07, 6.45) is 0.634. The van der Waals surface area contributed by atoms with Crippen molar-refractivity contribution in [3.63, 3.8) is 0 Å². The maximum Gasteiger partial charge on any atom is 0.323 e. The van der Waals surface area contributed by atoms with Crippen LogP contribution in [0.25, 0.3) is 0 Å². The first kappa shape index (κ1) is 26.1. The second-order valence-electron chi connectivity index (χ2n) is 9.95. The van der Waals surface area contributed by atoms with Gasteiger partial charge < -0.3 is 19.5 Å². The second-order valence-corrected chi connectivity index (χ2v) is 9.95. The van der Waals surface area contributed by atoms with E-state index < -0.39 is 11.6 Å². The number of hydrogen-bond donors (Lipinski definition) is 1. The van der Waals surface area contributed by atoms with E-state index in [2.05, 4.69) is 29.4 Å². The highest BCUT2D eigenvalue weighted by atomic mass is 19.2.